The predicted molar refractivity (Wildman–Crippen MR) is 118 cm³/mol. The summed E-state index contributed by atoms with van der Waals surface area (Å²) >= 11 is 0. The topological polar surface area (TPSA) is 61.1 Å². The highest BCUT2D eigenvalue weighted by atomic mass is 16.4. The Morgan fingerprint density at radius 1 is 1.03 bits per heavy atom. The molecule has 1 N–H and O–H groups in total. The molecule has 0 radical (unpaired) electrons. The number of aromatic nitrogens is 1. The van der Waals surface area contributed by atoms with Gasteiger partial charge in [-0.05, 0) is 62.9 Å². The molecule has 0 spiro atoms. The molecule has 4 rings (SSSR count). The third-order valence-corrected chi connectivity index (χ3v) is 6.62. The van der Waals surface area contributed by atoms with Crippen LogP contribution in [0.25, 0.3) is 0 Å². The highest BCUT2D eigenvalue weighted by molar-refractivity contribution is 6.11. The van der Waals surface area contributed by atoms with Crippen molar-refractivity contribution in [3.63, 3.8) is 0 Å². The van der Waals surface area contributed by atoms with Crippen LogP contribution < -0.4 is 0 Å². The van der Waals surface area contributed by atoms with Crippen LogP contribution >= 0.6 is 0 Å². The molecule has 1 saturated heterocycles. The zero-order chi connectivity index (χ0) is 20.9. The van der Waals surface area contributed by atoms with Crippen molar-refractivity contribution in [2.45, 2.75) is 38.0 Å². The predicted octanol–water partition coefficient (Wildman–Crippen LogP) is 3.71. The average Bonchev–Trinajstić information content (AvgIpc) is 3.10. The first-order chi connectivity index (χ1) is 14.7. The van der Waals surface area contributed by atoms with Gasteiger partial charge < -0.3 is 19.6 Å². The number of oxime groups is 1. The van der Waals surface area contributed by atoms with E-state index in [1.807, 2.05) is 28.8 Å². The standard InChI is InChI=1S/C24H32N4O2/c1-26-15-11-21-22(25-30)12-18-28(24(29)23(21)26)14-6-5-13-27-16-9-20(10-17-27)19-7-3-2-4-8-19/h2-4,7-8,11,15,20,30H,5-6,9-10,12-14,16-18H2,1H3/b25-22-. The third kappa shape index (κ3) is 4.43. The molecular weight excluding hydrogens is 376 g/mol. The van der Waals surface area contributed by atoms with Crippen molar-refractivity contribution in [3.8, 4) is 0 Å². The highest BCUT2D eigenvalue weighted by Gasteiger charge is 2.28. The minimum Gasteiger partial charge on any atom is -0.411 e. The van der Waals surface area contributed by atoms with Crippen molar-refractivity contribution < 1.29 is 10.0 Å². The van der Waals surface area contributed by atoms with Gasteiger partial charge in [-0.2, -0.15) is 0 Å². The molecule has 3 heterocycles. The molecule has 0 atom stereocenters. The van der Waals surface area contributed by atoms with Crippen molar-refractivity contribution in [2.75, 3.05) is 32.7 Å². The first-order valence-electron chi connectivity index (χ1n) is 11.1. The second-order valence-electron chi connectivity index (χ2n) is 8.51. The summed E-state index contributed by atoms with van der Waals surface area (Å²) in [4.78, 5) is 17.5. The van der Waals surface area contributed by atoms with Crippen LogP contribution in [0.3, 0.4) is 0 Å². The van der Waals surface area contributed by atoms with Gasteiger partial charge in [0.2, 0.25) is 0 Å². The molecule has 160 valence electrons. The fourth-order valence-corrected chi connectivity index (χ4v) is 4.83. The Morgan fingerprint density at radius 3 is 2.50 bits per heavy atom. The number of rotatable bonds is 6. The summed E-state index contributed by atoms with van der Waals surface area (Å²) in [6.07, 6.45) is 7.00. The number of amides is 1. The Bertz CT molecular complexity index is 882. The number of carbonyl (C=O) groups is 1. The molecule has 1 aromatic carbocycles. The van der Waals surface area contributed by atoms with Crippen LogP contribution in [0.2, 0.25) is 0 Å². The molecule has 1 amide bonds. The molecule has 1 aromatic heterocycles. The quantitative estimate of drug-likeness (QED) is 0.450. The van der Waals surface area contributed by atoms with Crippen molar-refractivity contribution >= 4 is 11.6 Å². The van der Waals surface area contributed by atoms with Crippen LogP contribution in [0.5, 0.6) is 0 Å². The van der Waals surface area contributed by atoms with E-state index in [-0.39, 0.29) is 5.91 Å². The van der Waals surface area contributed by atoms with Gasteiger partial charge >= 0.3 is 0 Å². The maximum Gasteiger partial charge on any atom is 0.271 e. The van der Waals surface area contributed by atoms with Crippen molar-refractivity contribution in [1.82, 2.24) is 14.4 Å². The number of benzene rings is 1. The lowest BCUT2D eigenvalue weighted by molar-refractivity contribution is 0.0748. The van der Waals surface area contributed by atoms with Crippen LogP contribution in [0.1, 0.15) is 59.6 Å². The molecule has 6 heteroatoms. The Hall–Kier alpha value is -2.60. The van der Waals surface area contributed by atoms with Crippen molar-refractivity contribution in [2.24, 2.45) is 12.2 Å². The van der Waals surface area contributed by atoms with Crippen LogP contribution in [-0.2, 0) is 7.05 Å². The number of hydrogen-bond donors (Lipinski definition) is 1. The maximum atomic E-state index is 13.0. The summed E-state index contributed by atoms with van der Waals surface area (Å²) < 4.78 is 1.83. The van der Waals surface area contributed by atoms with Gasteiger partial charge in [0.05, 0.1) is 5.71 Å². The summed E-state index contributed by atoms with van der Waals surface area (Å²) in [5, 5.41) is 12.8. The first kappa shape index (κ1) is 20.7. The number of hydrogen-bond acceptors (Lipinski definition) is 4. The largest absolute Gasteiger partial charge is 0.411 e. The molecule has 0 bridgehead atoms. The smallest absolute Gasteiger partial charge is 0.271 e. The number of fused-ring (bicyclic) bond motifs is 1. The molecular formula is C24H32N4O2. The number of carbonyl (C=O) groups excluding carboxylic acids is 1. The van der Waals surface area contributed by atoms with Gasteiger partial charge in [0.1, 0.15) is 5.69 Å². The molecule has 0 saturated carbocycles. The van der Waals surface area contributed by atoms with Crippen LogP contribution in [0.4, 0.5) is 0 Å². The fraction of sp³-hybridized carbons (Fsp3) is 0.500. The van der Waals surface area contributed by atoms with Crippen molar-refractivity contribution in [1.29, 1.82) is 0 Å². The minimum atomic E-state index is 0.0415. The lowest BCUT2D eigenvalue weighted by Crippen LogP contribution is -2.35. The summed E-state index contributed by atoms with van der Waals surface area (Å²) in [6.45, 7) is 4.77. The second kappa shape index (κ2) is 9.47. The zero-order valence-electron chi connectivity index (χ0n) is 17.8. The molecule has 0 aliphatic carbocycles. The van der Waals surface area contributed by atoms with Crippen LogP contribution in [0.15, 0.2) is 47.8 Å². The summed E-state index contributed by atoms with van der Waals surface area (Å²) in [6, 6.07) is 12.7. The summed E-state index contributed by atoms with van der Waals surface area (Å²) in [5.74, 6) is 0.735. The minimum absolute atomic E-state index is 0.0415. The summed E-state index contributed by atoms with van der Waals surface area (Å²) in [7, 11) is 1.87. The van der Waals surface area contributed by atoms with Gasteiger partial charge in [-0.25, -0.2) is 0 Å². The lowest BCUT2D eigenvalue weighted by Gasteiger charge is -2.32. The van der Waals surface area contributed by atoms with E-state index in [0.717, 1.165) is 44.6 Å². The molecule has 0 unspecified atom stereocenters. The fourth-order valence-electron chi connectivity index (χ4n) is 4.83. The SMILES string of the molecule is Cn1ccc2c1C(=O)N(CCCCN1CCC(c3ccccc3)CC1)CC/C2=N/O. The van der Waals surface area contributed by atoms with Gasteiger partial charge in [-0.15, -0.1) is 0 Å². The van der Waals surface area contributed by atoms with Crippen molar-refractivity contribution in [3.05, 3.63) is 59.4 Å². The molecule has 30 heavy (non-hydrogen) atoms. The molecule has 1 fully saturated rings. The van der Waals surface area contributed by atoms with E-state index >= 15 is 0 Å². The normalized spacial score (nSPS) is 19.8. The average molecular weight is 409 g/mol. The number of unbranched alkanes of at least 4 members (excludes halogenated alkanes) is 1. The highest BCUT2D eigenvalue weighted by Crippen LogP contribution is 2.28. The van der Waals surface area contributed by atoms with E-state index in [0.29, 0.717) is 30.3 Å². The zero-order valence-corrected chi connectivity index (χ0v) is 17.8. The van der Waals surface area contributed by atoms with E-state index < -0.39 is 0 Å². The van der Waals surface area contributed by atoms with Gasteiger partial charge in [-0.1, -0.05) is 35.5 Å². The summed E-state index contributed by atoms with van der Waals surface area (Å²) in [5.41, 5.74) is 3.46. The van der Waals surface area contributed by atoms with E-state index in [1.165, 1.54) is 18.4 Å². The molecule has 2 aliphatic rings. The van der Waals surface area contributed by atoms with Gasteiger partial charge in [0.15, 0.2) is 0 Å². The van der Waals surface area contributed by atoms with Crippen LogP contribution in [0, 0.1) is 0 Å². The molecule has 2 aliphatic heterocycles. The van der Waals surface area contributed by atoms with E-state index in [4.69, 9.17) is 0 Å². The number of likely N-dealkylation sites (tertiary alicyclic amines) is 1. The molecule has 6 nitrogen and oxygen atoms in total. The van der Waals surface area contributed by atoms with Gasteiger partial charge in [0.25, 0.3) is 5.91 Å². The van der Waals surface area contributed by atoms with E-state index in [2.05, 4.69) is 40.4 Å². The van der Waals surface area contributed by atoms with Gasteiger partial charge in [0, 0.05) is 38.3 Å². The number of aryl methyl sites for hydroxylation is 1. The number of nitrogens with zero attached hydrogens (tertiary/aromatic N) is 4. The van der Waals surface area contributed by atoms with E-state index in [1.54, 1.807) is 0 Å². The Morgan fingerprint density at radius 2 is 1.77 bits per heavy atom. The first-order valence-corrected chi connectivity index (χ1v) is 11.1. The lowest BCUT2D eigenvalue weighted by atomic mass is 9.89. The van der Waals surface area contributed by atoms with Gasteiger partial charge in [-0.3, -0.25) is 4.79 Å². The Balaban J connectivity index is 1.23. The monoisotopic (exact) mass is 408 g/mol. The maximum absolute atomic E-state index is 13.0. The van der Waals surface area contributed by atoms with Crippen LogP contribution in [-0.4, -0.2) is 63.9 Å². The van der Waals surface area contributed by atoms with E-state index in [9.17, 15) is 10.0 Å². The third-order valence-electron chi connectivity index (χ3n) is 6.62. The Labute approximate surface area is 178 Å². The second-order valence-corrected chi connectivity index (χ2v) is 8.51. The molecule has 2 aromatic rings. The Kier molecular flexibility index (Phi) is 6.53. The number of piperidine rings is 1.